The van der Waals surface area contributed by atoms with E-state index in [0.29, 0.717) is 33.5 Å². The molecule has 0 saturated heterocycles. The Kier molecular flexibility index (Phi) is 6.56. The second-order valence-corrected chi connectivity index (χ2v) is 8.11. The fraction of sp³-hybridized carbons (Fsp3) is 0.185. The maximum atomic E-state index is 13.5. The lowest BCUT2D eigenvalue weighted by molar-refractivity contribution is 0.0512. The van der Waals surface area contributed by atoms with E-state index in [-0.39, 0.29) is 41.6 Å². The smallest absolute Gasteiger partial charge is 0.362 e. The highest BCUT2D eigenvalue weighted by Crippen LogP contribution is 2.39. The highest BCUT2D eigenvalue weighted by atomic mass is 16.5. The molecule has 0 bridgehead atoms. The number of carbonyl (C=O) groups excluding carboxylic acids is 2. The molecular formula is C27H24N6O5. The van der Waals surface area contributed by atoms with Crippen LogP contribution in [0.2, 0.25) is 0 Å². The van der Waals surface area contributed by atoms with Gasteiger partial charge in [-0.2, -0.15) is 4.52 Å². The molecule has 192 valence electrons. The van der Waals surface area contributed by atoms with Gasteiger partial charge in [-0.1, -0.05) is 42.5 Å². The van der Waals surface area contributed by atoms with Gasteiger partial charge in [-0.15, -0.1) is 15.3 Å². The molecule has 11 nitrogen and oxygen atoms in total. The Balaban J connectivity index is 1.93. The molecule has 5 aromatic rings. The molecule has 0 saturated carbocycles. The summed E-state index contributed by atoms with van der Waals surface area (Å²) in [5.41, 5.74) is 9.06. The molecule has 0 fully saturated rings. The maximum Gasteiger partial charge on any atom is 0.362 e. The molecule has 3 aromatic heterocycles. The van der Waals surface area contributed by atoms with Gasteiger partial charge in [-0.05, 0) is 31.5 Å². The number of pyridine rings is 1. The van der Waals surface area contributed by atoms with Crippen molar-refractivity contribution in [2.24, 2.45) is 0 Å². The number of aromatic nitrogens is 5. The van der Waals surface area contributed by atoms with Crippen molar-refractivity contribution < 1.29 is 23.8 Å². The second kappa shape index (κ2) is 10.1. The average Bonchev–Trinajstić information content (AvgIpc) is 3.32. The number of hydrogen-bond donors (Lipinski definition) is 1. The molecule has 0 unspecified atom stereocenters. The Morgan fingerprint density at radius 3 is 2.24 bits per heavy atom. The first kappa shape index (κ1) is 24.6. The topological polar surface area (TPSA) is 144 Å². The summed E-state index contributed by atoms with van der Waals surface area (Å²) >= 11 is 0. The predicted octanol–water partition coefficient (Wildman–Crippen LogP) is 3.95. The number of nitrogen functional groups attached to an aromatic ring is 1. The first-order valence-corrected chi connectivity index (χ1v) is 11.9. The van der Waals surface area contributed by atoms with Gasteiger partial charge in [0.05, 0.1) is 37.0 Å². The third-order valence-electron chi connectivity index (χ3n) is 5.89. The molecule has 11 heteroatoms. The normalized spacial score (nSPS) is 11.0. The molecule has 2 aromatic carbocycles. The van der Waals surface area contributed by atoms with Crippen LogP contribution < -0.4 is 10.5 Å². The number of esters is 2. The van der Waals surface area contributed by atoms with Gasteiger partial charge in [-0.25, -0.2) is 14.6 Å². The molecule has 0 spiro atoms. The van der Waals surface area contributed by atoms with Crippen LogP contribution in [-0.4, -0.2) is 57.1 Å². The van der Waals surface area contributed by atoms with Crippen molar-refractivity contribution in [1.82, 2.24) is 24.8 Å². The number of fused-ring (bicyclic) bond motifs is 3. The van der Waals surface area contributed by atoms with E-state index in [9.17, 15) is 9.59 Å². The minimum atomic E-state index is -0.723. The van der Waals surface area contributed by atoms with Gasteiger partial charge in [0.15, 0.2) is 17.1 Å². The number of carbonyl (C=O) groups is 2. The fourth-order valence-electron chi connectivity index (χ4n) is 4.21. The fourth-order valence-corrected chi connectivity index (χ4v) is 4.21. The molecule has 0 aliphatic rings. The van der Waals surface area contributed by atoms with E-state index in [4.69, 9.17) is 24.9 Å². The number of ether oxygens (including phenoxy) is 3. The Morgan fingerprint density at radius 1 is 0.895 bits per heavy atom. The van der Waals surface area contributed by atoms with E-state index in [1.54, 1.807) is 33.1 Å². The monoisotopic (exact) mass is 512 g/mol. The first-order valence-electron chi connectivity index (χ1n) is 11.9. The number of rotatable bonds is 7. The quantitative estimate of drug-likeness (QED) is 0.318. The van der Waals surface area contributed by atoms with E-state index < -0.39 is 11.9 Å². The molecule has 0 amide bonds. The SMILES string of the molecule is CCOC(=O)c1nnc2c3c(-c4ccc(OC)cc4)c(C(=O)OCC)c(-c4ccccc4)nc3nn2c1N. The molecule has 0 atom stereocenters. The summed E-state index contributed by atoms with van der Waals surface area (Å²) in [7, 11) is 1.57. The molecule has 2 N–H and O–H groups in total. The molecule has 38 heavy (non-hydrogen) atoms. The van der Waals surface area contributed by atoms with E-state index in [1.807, 2.05) is 42.5 Å². The average molecular weight is 513 g/mol. The number of nitrogens with zero attached hydrogens (tertiary/aromatic N) is 5. The number of anilines is 1. The van der Waals surface area contributed by atoms with Gasteiger partial charge in [0.1, 0.15) is 5.75 Å². The standard InChI is InChI=1S/C27H24N6O5/c1-4-37-26(34)19-18(15-11-13-17(36-3)14-12-15)20-24(29-21(19)16-9-7-6-8-10-16)32-33-23(28)22(27(35)38-5-2)30-31-25(20)33/h6-14H,4-5,28H2,1-3H3. The summed E-state index contributed by atoms with van der Waals surface area (Å²) in [6, 6.07) is 16.5. The highest BCUT2D eigenvalue weighted by Gasteiger charge is 2.29. The van der Waals surface area contributed by atoms with Gasteiger partial charge < -0.3 is 19.9 Å². The Morgan fingerprint density at radius 2 is 1.58 bits per heavy atom. The molecular weight excluding hydrogens is 488 g/mol. The van der Waals surface area contributed by atoms with Gasteiger partial charge in [0.2, 0.25) is 5.69 Å². The number of nitrogens with two attached hydrogens (primary N) is 1. The minimum Gasteiger partial charge on any atom is -0.497 e. The molecule has 0 aliphatic heterocycles. The minimum absolute atomic E-state index is 0.0638. The Labute approximate surface area is 217 Å². The van der Waals surface area contributed by atoms with Crippen molar-refractivity contribution in [2.75, 3.05) is 26.1 Å². The third-order valence-corrected chi connectivity index (χ3v) is 5.89. The largest absolute Gasteiger partial charge is 0.497 e. The summed E-state index contributed by atoms with van der Waals surface area (Å²) in [5.74, 6) is -0.705. The summed E-state index contributed by atoms with van der Waals surface area (Å²) in [6.45, 7) is 3.72. The van der Waals surface area contributed by atoms with Crippen LogP contribution in [0.4, 0.5) is 5.82 Å². The van der Waals surface area contributed by atoms with Crippen LogP contribution >= 0.6 is 0 Å². The van der Waals surface area contributed by atoms with Crippen molar-refractivity contribution in [3.63, 3.8) is 0 Å². The van der Waals surface area contributed by atoms with Crippen LogP contribution in [0.1, 0.15) is 34.7 Å². The van der Waals surface area contributed by atoms with Gasteiger partial charge in [0, 0.05) is 11.1 Å². The lowest BCUT2D eigenvalue weighted by Crippen LogP contribution is -2.15. The van der Waals surface area contributed by atoms with Crippen LogP contribution in [0.5, 0.6) is 5.75 Å². The van der Waals surface area contributed by atoms with Crippen molar-refractivity contribution in [2.45, 2.75) is 13.8 Å². The first-order chi connectivity index (χ1) is 18.5. The summed E-state index contributed by atoms with van der Waals surface area (Å²) in [6.07, 6.45) is 0. The molecule has 3 heterocycles. The molecule has 5 rings (SSSR count). The van der Waals surface area contributed by atoms with Crippen LogP contribution in [0.3, 0.4) is 0 Å². The highest BCUT2D eigenvalue weighted by molar-refractivity contribution is 6.14. The summed E-state index contributed by atoms with van der Waals surface area (Å²) in [5, 5.41) is 13.3. The number of methoxy groups -OCH3 is 1. The van der Waals surface area contributed by atoms with Gasteiger partial charge in [-0.3, -0.25) is 0 Å². The van der Waals surface area contributed by atoms with Crippen LogP contribution in [-0.2, 0) is 9.47 Å². The lowest BCUT2D eigenvalue weighted by Gasteiger charge is -2.15. The summed E-state index contributed by atoms with van der Waals surface area (Å²) in [4.78, 5) is 30.7. The van der Waals surface area contributed by atoms with Crippen molar-refractivity contribution >= 4 is 34.4 Å². The Hall–Kier alpha value is -5.06. The van der Waals surface area contributed by atoms with Crippen molar-refractivity contribution in [3.05, 3.63) is 65.9 Å². The molecule has 0 aliphatic carbocycles. The van der Waals surface area contributed by atoms with Crippen LogP contribution in [0, 0.1) is 0 Å². The van der Waals surface area contributed by atoms with E-state index in [0.717, 1.165) is 0 Å². The number of hydrogen-bond acceptors (Lipinski definition) is 10. The van der Waals surface area contributed by atoms with Crippen molar-refractivity contribution in [1.29, 1.82) is 0 Å². The van der Waals surface area contributed by atoms with Crippen molar-refractivity contribution in [3.8, 4) is 28.1 Å². The van der Waals surface area contributed by atoms with Gasteiger partial charge in [0.25, 0.3) is 0 Å². The maximum absolute atomic E-state index is 13.5. The van der Waals surface area contributed by atoms with Crippen LogP contribution in [0.25, 0.3) is 39.1 Å². The van der Waals surface area contributed by atoms with E-state index >= 15 is 0 Å². The number of benzene rings is 2. The third kappa shape index (κ3) is 4.13. The van der Waals surface area contributed by atoms with Gasteiger partial charge >= 0.3 is 11.9 Å². The summed E-state index contributed by atoms with van der Waals surface area (Å²) < 4.78 is 17.1. The zero-order valence-corrected chi connectivity index (χ0v) is 21.0. The predicted molar refractivity (Wildman–Crippen MR) is 140 cm³/mol. The lowest BCUT2D eigenvalue weighted by atomic mass is 9.93. The Bertz CT molecular complexity index is 1670. The zero-order chi connectivity index (χ0) is 26.8. The second-order valence-electron chi connectivity index (χ2n) is 8.11. The van der Waals surface area contributed by atoms with Crippen LogP contribution in [0.15, 0.2) is 54.6 Å². The van der Waals surface area contributed by atoms with E-state index in [2.05, 4.69) is 15.3 Å². The van der Waals surface area contributed by atoms with E-state index in [1.165, 1.54) is 4.52 Å². The molecule has 0 radical (unpaired) electrons. The zero-order valence-electron chi connectivity index (χ0n) is 21.0.